The van der Waals surface area contributed by atoms with Crippen LogP contribution in [0.25, 0.3) is 33.3 Å². The lowest BCUT2D eigenvalue weighted by molar-refractivity contribution is 1.26. The van der Waals surface area contributed by atoms with E-state index in [0.29, 0.717) is 21.5 Å². The third-order valence-electron chi connectivity index (χ3n) is 4.84. The van der Waals surface area contributed by atoms with E-state index < -0.39 is 0 Å². The summed E-state index contributed by atoms with van der Waals surface area (Å²) in [5.41, 5.74) is 5.01. The van der Waals surface area contributed by atoms with Gasteiger partial charge in [0, 0.05) is 34.3 Å². The Kier molecular flexibility index (Phi) is 6.33. The number of benzene rings is 1. The molecule has 1 aromatic carbocycles. The lowest BCUT2D eigenvalue weighted by Crippen LogP contribution is -1.93. The van der Waals surface area contributed by atoms with Crippen molar-refractivity contribution in [1.29, 1.82) is 0 Å². The first-order valence-electron chi connectivity index (χ1n) is 9.50. The molecule has 4 aromatic heterocycles. The predicted octanol–water partition coefficient (Wildman–Crippen LogP) is 7.50. The monoisotopic (exact) mass is 466 g/mol. The Morgan fingerprint density at radius 1 is 0.613 bits per heavy atom. The minimum absolute atomic E-state index is 0.413. The van der Waals surface area contributed by atoms with Crippen molar-refractivity contribution in [2.45, 2.75) is 13.8 Å². The Hall–Kier alpha value is -2.79. The molecular formula is C24H17Cl3N4. The second-order valence-electron chi connectivity index (χ2n) is 6.86. The minimum Gasteiger partial charge on any atom is -0.237 e. The first-order valence-corrected chi connectivity index (χ1v) is 10.6. The SMILES string of the molecule is Cc1c(-c2ccccc2)nc2ncccc2c1Cl.Cc1c(Cl)nc2ncccc2c1Cl. The van der Waals surface area contributed by atoms with Crippen LogP contribution >= 0.6 is 34.8 Å². The molecule has 0 fully saturated rings. The topological polar surface area (TPSA) is 51.6 Å². The number of aromatic nitrogens is 4. The molecule has 5 aromatic rings. The molecule has 31 heavy (non-hydrogen) atoms. The normalized spacial score (nSPS) is 10.7. The van der Waals surface area contributed by atoms with E-state index in [1.165, 1.54) is 0 Å². The fourth-order valence-corrected chi connectivity index (χ4v) is 3.85. The van der Waals surface area contributed by atoms with Crippen molar-refractivity contribution < 1.29 is 0 Å². The lowest BCUT2D eigenvalue weighted by Gasteiger charge is -2.09. The fraction of sp³-hybridized carbons (Fsp3) is 0.0833. The first-order chi connectivity index (χ1) is 15.0. The van der Waals surface area contributed by atoms with Crippen LogP contribution in [0.2, 0.25) is 15.2 Å². The maximum absolute atomic E-state index is 6.40. The number of halogens is 3. The highest BCUT2D eigenvalue weighted by atomic mass is 35.5. The molecule has 0 bridgehead atoms. The summed E-state index contributed by atoms with van der Waals surface area (Å²) in [7, 11) is 0. The van der Waals surface area contributed by atoms with Gasteiger partial charge in [-0.15, -0.1) is 0 Å². The van der Waals surface area contributed by atoms with Crippen molar-refractivity contribution in [3.8, 4) is 11.3 Å². The van der Waals surface area contributed by atoms with E-state index in [1.807, 2.05) is 68.4 Å². The second kappa shape index (κ2) is 9.15. The van der Waals surface area contributed by atoms with Crippen LogP contribution in [0, 0.1) is 13.8 Å². The molecule has 4 heterocycles. The van der Waals surface area contributed by atoms with Crippen LogP contribution in [0.1, 0.15) is 11.1 Å². The highest BCUT2D eigenvalue weighted by Gasteiger charge is 2.12. The molecule has 154 valence electrons. The molecule has 0 aliphatic carbocycles. The maximum Gasteiger partial charge on any atom is 0.162 e. The Labute approximate surface area is 194 Å². The van der Waals surface area contributed by atoms with Gasteiger partial charge in [-0.2, -0.15) is 0 Å². The zero-order chi connectivity index (χ0) is 22.0. The summed E-state index contributed by atoms with van der Waals surface area (Å²) < 4.78 is 0. The Morgan fingerprint density at radius 2 is 1.16 bits per heavy atom. The van der Waals surface area contributed by atoms with Crippen molar-refractivity contribution >= 4 is 56.9 Å². The van der Waals surface area contributed by atoms with Gasteiger partial charge in [0.2, 0.25) is 0 Å². The van der Waals surface area contributed by atoms with E-state index in [-0.39, 0.29) is 0 Å². The minimum atomic E-state index is 0.413. The molecule has 0 spiro atoms. The molecular weight excluding hydrogens is 451 g/mol. The van der Waals surface area contributed by atoms with Gasteiger partial charge in [0.15, 0.2) is 11.3 Å². The summed E-state index contributed by atoms with van der Waals surface area (Å²) in [5, 5.41) is 3.51. The standard InChI is InChI=1S/C15H11ClN2.C9H6Cl2N2/c1-10-13(16)12-8-5-9-17-15(12)18-14(10)11-6-3-2-4-7-11;1-5-7(10)6-3-2-4-12-9(6)13-8(5)11/h2-9H,1H3;2-4H,1H3. The van der Waals surface area contributed by atoms with E-state index in [0.717, 1.165) is 38.2 Å². The number of pyridine rings is 4. The first kappa shape index (κ1) is 21.4. The fourth-order valence-electron chi connectivity index (χ4n) is 3.16. The highest BCUT2D eigenvalue weighted by Crippen LogP contribution is 2.32. The van der Waals surface area contributed by atoms with E-state index >= 15 is 0 Å². The summed E-state index contributed by atoms with van der Waals surface area (Å²) in [6.45, 7) is 3.83. The largest absolute Gasteiger partial charge is 0.237 e. The average molecular weight is 468 g/mol. The summed E-state index contributed by atoms with van der Waals surface area (Å²) >= 11 is 18.3. The van der Waals surface area contributed by atoms with Gasteiger partial charge >= 0.3 is 0 Å². The second-order valence-corrected chi connectivity index (χ2v) is 7.97. The molecule has 0 unspecified atom stereocenters. The molecule has 0 amide bonds. The van der Waals surface area contributed by atoms with Crippen LogP contribution in [-0.4, -0.2) is 19.9 Å². The van der Waals surface area contributed by atoms with Gasteiger partial charge in [-0.1, -0.05) is 65.1 Å². The molecule has 0 atom stereocenters. The van der Waals surface area contributed by atoms with Crippen molar-refractivity contribution in [3.05, 3.63) is 93.3 Å². The van der Waals surface area contributed by atoms with E-state index in [4.69, 9.17) is 34.8 Å². The molecule has 4 nitrogen and oxygen atoms in total. The van der Waals surface area contributed by atoms with Crippen LogP contribution in [-0.2, 0) is 0 Å². The van der Waals surface area contributed by atoms with Gasteiger partial charge in [0.05, 0.1) is 15.7 Å². The molecule has 0 aliphatic rings. The predicted molar refractivity (Wildman–Crippen MR) is 129 cm³/mol. The van der Waals surface area contributed by atoms with Gasteiger partial charge in [-0.3, -0.25) is 0 Å². The van der Waals surface area contributed by atoms with Gasteiger partial charge in [-0.05, 0) is 43.7 Å². The van der Waals surface area contributed by atoms with Crippen LogP contribution in [0.15, 0.2) is 67.0 Å². The quantitative estimate of drug-likeness (QED) is 0.239. The molecule has 5 rings (SSSR count). The van der Waals surface area contributed by atoms with E-state index in [2.05, 4.69) is 19.9 Å². The molecule has 0 aliphatic heterocycles. The summed E-state index contributed by atoms with van der Waals surface area (Å²) in [6, 6.07) is 17.5. The van der Waals surface area contributed by atoms with Gasteiger partial charge in [-0.25, -0.2) is 19.9 Å². The summed E-state index contributed by atoms with van der Waals surface area (Å²) in [4.78, 5) is 17.1. The van der Waals surface area contributed by atoms with Crippen LogP contribution in [0.4, 0.5) is 0 Å². The molecule has 0 saturated carbocycles. The van der Waals surface area contributed by atoms with Gasteiger partial charge < -0.3 is 0 Å². The van der Waals surface area contributed by atoms with Crippen LogP contribution in [0.3, 0.4) is 0 Å². The Morgan fingerprint density at radius 3 is 1.77 bits per heavy atom. The van der Waals surface area contributed by atoms with Crippen molar-refractivity contribution in [3.63, 3.8) is 0 Å². The molecule has 0 radical (unpaired) electrons. The zero-order valence-electron chi connectivity index (χ0n) is 16.8. The maximum atomic E-state index is 6.40. The molecule has 0 saturated heterocycles. The Balaban J connectivity index is 0.000000158. The summed E-state index contributed by atoms with van der Waals surface area (Å²) in [6.07, 6.45) is 3.40. The molecule has 0 N–H and O–H groups in total. The third kappa shape index (κ3) is 4.33. The number of rotatable bonds is 1. The smallest absolute Gasteiger partial charge is 0.162 e. The molecule has 7 heteroatoms. The number of hydrogen-bond donors (Lipinski definition) is 0. The van der Waals surface area contributed by atoms with Gasteiger partial charge in [0.1, 0.15) is 5.15 Å². The van der Waals surface area contributed by atoms with E-state index in [1.54, 1.807) is 12.4 Å². The van der Waals surface area contributed by atoms with Gasteiger partial charge in [0.25, 0.3) is 0 Å². The van der Waals surface area contributed by atoms with Crippen molar-refractivity contribution in [2.75, 3.05) is 0 Å². The van der Waals surface area contributed by atoms with E-state index in [9.17, 15) is 0 Å². The number of fused-ring (bicyclic) bond motifs is 2. The lowest BCUT2D eigenvalue weighted by atomic mass is 10.1. The third-order valence-corrected chi connectivity index (χ3v) is 6.18. The Bertz CT molecular complexity index is 1390. The van der Waals surface area contributed by atoms with Crippen molar-refractivity contribution in [2.24, 2.45) is 0 Å². The van der Waals surface area contributed by atoms with Crippen LogP contribution in [0.5, 0.6) is 0 Å². The van der Waals surface area contributed by atoms with Crippen LogP contribution < -0.4 is 0 Å². The summed E-state index contributed by atoms with van der Waals surface area (Å²) in [5.74, 6) is 0. The average Bonchev–Trinajstić information content (AvgIpc) is 2.81. The zero-order valence-corrected chi connectivity index (χ0v) is 19.0. The highest BCUT2D eigenvalue weighted by molar-refractivity contribution is 6.39. The number of nitrogens with zero attached hydrogens (tertiary/aromatic N) is 4. The van der Waals surface area contributed by atoms with Crippen molar-refractivity contribution in [1.82, 2.24) is 19.9 Å². The number of hydrogen-bond acceptors (Lipinski definition) is 4.